The van der Waals surface area contributed by atoms with Crippen LogP contribution in [-0.4, -0.2) is 13.1 Å². The van der Waals surface area contributed by atoms with Gasteiger partial charge in [0.25, 0.3) is 0 Å². The zero-order valence-corrected chi connectivity index (χ0v) is 13.3. The van der Waals surface area contributed by atoms with E-state index in [4.69, 9.17) is 0 Å². The van der Waals surface area contributed by atoms with E-state index in [1.165, 1.54) is 83.7 Å². The summed E-state index contributed by atoms with van der Waals surface area (Å²) < 4.78 is 0. The lowest BCUT2D eigenvalue weighted by molar-refractivity contribution is 0.436. The zero-order valence-electron chi connectivity index (χ0n) is 13.3. The van der Waals surface area contributed by atoms with Crippen molar-refractivity contribution < 1.29 is 0 Å². The Kier molecular flexibility index (Phi) is 15.0. The summed E-state index contributed by atoms with van der Waals surface area (Å²) in [5.74, 6) is 0.934. The van der Waals surface area contributed by atoms with E-state index in [1.54, 1.807) is 0 Å². The van der Waals surface area contributed by atoms with E-state index in [9.17, 15) is 0 Å². The molecule has 1 heteroatoms. The highest BCUT2D eigenvalue weighted by Gasteiger charge is 2.01. The molecule has 1 nitrogen and oxygen atoms in total. The molecular weight excluding hydrogens is 218 g/mol. The van der Waals surface area contributed by atoms with E-state index < -0.39 is 0 Å². The first-order chi connectivity index (χ1) is 8.81. The van der Waals surface area contributed by atoms with Crippen LogP contribution in [0.2, 0.25) is 0 Å². The lowest BCUT2D eigenvalue weighted by Gasteiger charge is -2.11. The highest BCUT2D eigenvalue weighted by molar-refractivity contribution is 4.56. The Labute approximate surface area is 116 Å². The predicted molar refractivity (Wildman–Crippen MR) is 84.2 cm³/mol. The SMILES string of the molecule is CCCCCCCCC(C)CCCNCCCC. The van der Waals surface area contributed by atoms with Gasteiger partial charge in [-0.15, -0.1) is 0 Å². The maximum absolute atomic E-state index is 3.53. The molecule has 0 saturated carbocycles. The standard InChI is InChI=1S/C17H37N/c1-4-6-8-9-10-11-13-17(3)14-12-16-18-15-7-5-2/h17-18H,4-16H2,1-3H3. The van der Waals surface area contributed by atoms with Gasteiger partial charge in [-0.2, -0.15) is 0 Å². The molecule has 0 aromatic heterocycles. The van der Waals surface area contributed by atoms with Crippen molar-refractivity contribution in [3.8, 4) is 0 Å². The van der Waals surface area contributed by atoms with Crippen molar-refractivity contribution in [1.82, 2.24) is 5.32 Å². The van der Waals surface area contributed by atoms with Crippen LogP contribution in [0.15, 0.2) is 0 Å². The van der Waals surface area contributed by atoms with Crippen LogP contribution in [0.5, 0.6) is 0 Å². The minimum atomic E-state index is 0.934. The molecule has 0 rings (SSSR count). The van der Waals surface area contributed by atoms with Crippen LogP contribution >= 0.6 is 0 Å². The van der Waals surface area contributed by atoms with Crippen LogP contribution in [0.1, 0.15) is 91.4 Å². The molecule has 0 fully saturated rings. The zero-order chi connectivity index (χ0) is 13.5. The summed E-state index contributed by atoms with van der Waals surface area (Å²) in [6.07, 6.45) is 15.5. The Morgan fingerprint density at radius 2 is 1.22 bits per heavy atom. The van der Waals surface area contributed by atoms with Crippen molar-refractivity contribution >= 4 is 0 Å². The van der Waals surface area contributed by atoms with Gasteiger partial charge in [0, 0.05) is 0 Å². The molecule has 0 aromatic carbocycles. The van der Waals surface area contributed by atoms with E-state index in [2.05, 4.69) is 26.1 Å². The van der Waals surface area contributed by atoms with Crippen LogP contribution in [0.25, 0.3) is 0 Å². The predicted octanol–water partition coefficient (Wildman–Crippen LogP) is 5.54. The fourth-order valence-electron chi connectivity index (χ4n) is 2.42. The maximum atomic E-state index is 3.53. The largest absolute Gasteiger partial charge is 0.317 e. The van der Waals surface area contributed by atoms with E-state index >= 15 is 0 Å². The Morgan fingerprint density at radius 1 is 0.667 bits per heavy atom. The number of unbranched alkanes of at least 4 members (excludes halogenated alkanes) is 6. The fourth-order valence-corrected chi connectivity index (χ4v) is 2.42. The third kappa shape index (κ3) is 14.0. The minimum absolute atomic E-state index is 0.934. The van der Waals surface area contributed by atoms with Gasteiger partial charge >= 0.3 is 0 Å². The van der Waals surface area contributed by atoms with Crippen molar-refractivity contribution in [2.75, 3.05) is 13.1 Å². The van der Waals surface area contributed by atoms with E-state index in [0.29, 0.717) is 0 Å². The molecule has 0 aliphatic rings. The molecule has 18 heavy (non-hydrogen) atoms. The summed E-state index contributed by atoms with van der Waals surface area (Å²) >= 11 is 0. The summed E-state index contributed by atoms with van der Waals surface area (Å²) in [7, 11) is 0. The molecule has 110 valence electrons. The summed E-state index contributed by atoms with van der Waals surface area (Å²) in [5, 5.41) is 3.53. The van der Waals surface area contributed by atoms with Crippen LogP contribution < -0.4 is 5.32 Å². The second-order valence-electron chi connectivity index (χ2n) is 5.91. The van der Waals surface area contributed by atoms with Crippen LogP contribution in [0.4, 0.5) is 0 Å². The van der Waals surface area contributed by atoms with Gasteiger partial charge in [-0.05, 0) is 38.3 Å². The minimum Gasteiger partial charge on any atom is -0.317 e. The second kappa shape index (κ2) is 15.0. The van der Waals surface area contributed by atoms with Gasteiger partial charge in [0.05, 0.1) is 0 Å². The highest BCUT2D eigenvalue weighted by Crippen LogP contribution is 2.15. The maximum Gasteiger partial charge on any atom is -0.00488 e. The fraction of sp³-hybridized carbons (Fsp3) is 1.00. The number of rotatable bonds is 14. The summed E-state index contributed by atoms with van der Waals surface area (Å²) in [6.45, 7) is 9.40. The topological polar surface area (TPSA) is 12.0 Å². The Balaban J connectivity index is 3.10. The summed E-state index contributed by atoms with van der Waals surface area (Å²) in [5.41, 5.74) is 0. The van der Waals surface area contributed by atoms with Crippen molar-refractivity contribution in [2.24, 2.45) is 5.92 Å². The normalized spacial score (nSPS) is 12.8. The lowest BCUT2D eigenvalue weighted by Crippen LogP contribution is -2.17. The van der Waals surface area contributed by atoms with Crippen LogP contribution in [-0.2, 0) is 0 Å². The van der Waals surface area contributed by atoms with Crippen molar-refractivity contribution in [2.45, 2.75) is 91.4 Å². The molecule has 0 bridgehead atoms. The number of nitrogens with one attached hydrogen (secondary N) is 1. The van der Waals surface area contributed by atoms with Gasteiger partial charge in [0.2, 0.25) is 0 Å². The van der Waals surface area contributed by atoms with Gasteiger partial charge in [-0.3, -0.25) is 0 Å². The smallest absolute Gasteiger partial charge is 0.00488 e. The molecular formula is C17H37N. The molecule has 0 aliphatic carbocycles. The first kappa shape index (κ1) is 18.0. The van der Waals surface area contributed by atoms with Gasteiger partial charge in [-0.25, -0.2) is 0 Å². The first-order valence-electron chi connectivity index (χ1n) is 8.52. The van der Waals surface area contributed by atoms with Crippen LogP contribution in [0, 0.1) is 5.92 Å². The average Bonchev–Trinajstić information content (AvgIpc) is 2.38. The molecule has 0 aromatic rings. The quantitative estimate of drug-likeness (QED) is 0.402. The molecule has 0 radical (unpaired) electrons. The van der Waals surface area contributed by atoms with E-state index in [1.807, 2.05) is 0 Å². The Hall–Kier alpha value is -0.0400. The third-order valence-electron chi connectivity index (χ3n) is 3.81. The van der Waals surface area contributed by atoms with Gasteiger partial charge < -0.3 is 5.32 Å². The van der Waals surface area contributed by atoms with E-state index in [-0.39, 0.29) is 0 Å². The Morgan fingerprint density at radius 3 is 1.94 bits per heavy atom. The average molecular weight is 255 g/mol. The molecule has 0 amide bonds. The van der Waals surface area contributed by atoms with Gasteiger partial charge in [-0.1, -0.05) is 72.1 Å². The molecule has 1 unspecified atom stereocenters. The third-order valence-corrected chi connectivity index (χ3v) is 3.81. The molecule has 0 spiro atoms. The van der Waals surface area contributed by atoms with Gasteiger partial charge in [0.15, 0.2) is 0 Å². The molecule has 0 heterocycles. The molecule has 0 aliphatic heterocycles. The lowest BCUT2D eigenvalue weighted by atomic mass is 9.97. The second-order valence-corrected chi connectivity index (χ2v) is 5.91. The van der Waals surface area contributed by atoms with Crippen molar-refractivity contribution in [3.63, 3.8) is 0 Å². The van der Waals surface area contributed by atoms with Crippen molar-refractivity contribution in [1.29, 1.82) is 0 Å². The summed E-state index contributed by atoms with van der Waals surface area (Å²) in [4.78, 5) is 0. The Bertz CT molecular complexity index is 129. The molecule has 1 atom stereocenters. The highest BCUT2D eigenvalue weighted by atomic mass is 14.8. The molecule has 1 N–H and O–H groups in total. The first-order valence-corrected chi connectivity index (χ1v) is 8.52. The van der Waals surface area contributed by atoms with E-state index in [0.717, 1.165) is 5.92 Å². The molecule has 0 saturated heterocycles. The number of hydrogen-bond acceptors (Lipinski definition) is 1. The summed E-state index contributed by atoms with van der Waals surface area (Å²) in [6, 6.07) is 0. The van der Waals surface area contributed by atoms with Gasteiger partial charge in [0.1, 0.15) is 0 Å². The van der Waals surface area contributed by atoms with Crippen LogP contribution in [0.3, 0.4) is 0 Å². The number of hydrogen-bond donors (Lipinski definition) is 1. The monoisotopic (exact) mass is 255 g/mol. The van der Waals surface area contributed by atoms with Crippen molar-refractivity contribution in [3.05, 3.63) is 0 Å².